The second-order valence-electron chi connectivity index (χ2n) is 1.74. The Morgan fingerprint density at radius 2 is 1.70 bits per heavy atom. The quantitative estimate of drug-likeness (QED) is 0.531. The normalized spacial score (nSPS) is 8.00. The zero-order valence-corrected chi connectivity index (χ0v) is 10.4. The summed E-state index contributed by atoms with van der Waals surface area (Å²) in [7, 11) is 0. The van der Waals surface area contributed by atoms with Gasteiger partial charge in [-0.1, -0.05) is 35.9 Å². The van der Waals surface area contributed by atoms with Crippen molar-refractivity contribution in [3.63, 3.8) is 0 Å². The molecular weight excluding hydrogens is 241 g/mol. The van der Waals surface area contributed by atoms with E-state index in [1.807, 2.05) is 18.2 Å². The first-order valence-electron chi connectivity index (χ1n) is 3.03. The van der Waals surface area contributed by atoms with E-state index in [0.717, 1.165) is 6.42 Å². The molecule has 0 aliphatic rings. The third-order valence-corrected chi connectivity index (χ3v) is 1.13. The van der Waals surface area contributed by atoms with Crippen LogP contribution < -0.4 is 0 Å². The first-order chi connectivity index (χ1) is 4.93. The molecule has 0 unspecified atom stereocenters. The van der Waals surface area contributed by atoms with Gasteiger partial charge in [-0.05, 0) is 0 Å². The van der Waals surface area contributed by atoms with E-state index in [9.17, 15) is 0 Å². The van der Waals surface area contributed by atoms with Gasteiger partial charge in [0.2, 0.25) is 0 Å². The van der Waals surface area contributed by atoms with E-state index in [1.165, 1.54) is 21.9 Å². The van der Waals surface area contributed by atoms with Crippen molar-refractivity contribution in [2.24, 2.45) is 0 Å². The second-order valence-corrected chi connectivity index (χ2v) is 1.74. The molecule has 1 rings (SSSR count). The topological polar surface area (TPSA) is 0 Å². The fourth-order valence-electron chi connectivity index (χ4n) is 0.645. The Hall–Kier alpha value is 0.323. The van der Waals surface area contributed by atoms with E-state index in [2.05, 4.69) is 32.7 Å². The molecule has 0 aliphatic heterocycles. The molecule has 0 spiro atoms. The molecule has 0 saturated heterocycles. The maximum atomic E-state index is 3.76. The van der Waals surface area contributed by atoms with Crippen molar-refractivity contribution in [3.05, 3.63) is 42.8 Å². The summed E-state index contributed by atoms with van der Waals surface area (Å²) in [4.78, 5) is 0. The van der Waals surface area contributed by atoms with Crippen molar-refractivity contribution in [1.29, 1.82) is 0 Å². The van der Waals surface area contributed by atoms with Crippen LogP contribution >= 0.6 is 13.6 Å². The van der Waals surface area contributed by atoms with Crippen LogP contribution in [-0.4, -0.2) is 0 Å². The number of rotatable bonds is 1. The third kappa shape index (κ3) is 4.19. The van der Waals surface area contributed by atoms with E-state index < -0.39 is 0 Å². The van der Waals surface area contributed by atoms with Crippen molar-refractivity contribution in [3.8, 4) is 0 Å². The van der Waals surface area contributed by atoms with Gasteiger partial charge in [0.15, 0.2) is 0 Å². The van der Waals surface area contributed by atoms with Gasteiger partial charge in [-0.25, -0.2) is 0 Å². The summed E-state index contributed by atoms with van der Waals surface area (Å²) >= 11 is 4.25. The zero-order valence-electron chi connectivity index (χ0n) is 5.89. The summed E-state index contributed by atoms with van der Waals surface area (Å²) < 4.78 is 0. The van der Waals surface area contributed by atoms with Crippen LogP contribution in [0.2, 0.25) is 0 Å². The summed E-state index contributed by atoms with van der Waals surface area (Å²) in [6.45, 7) is 3.76. The maximum absolute atomic E-state index is 3.76. The predicted molar refractivity (Wildman–Crippen MR) is 44.4 cm³/mol. The van der Waals surface area contributed by atoms with Crippen molar-refractivity contribution in [1.82, 2.24) is 0 Å². The molecule has 0 atom stereocenters. The van der Waals surface area contributed by atoms with E-state index in [-0.39, 0.29) is 0 Å². The summed E-state index contributed by atoms with van der Waals surface area (Å²) in [5.41, 5.74) is 1.30. The molecule has 0 aliphatic carbocycles. The predicted octanol–water partition coefficient (Wildman–Crippen LogP) is 2.91. The van der Waals surface area contributed by atoms with Crippen LogP contribution in [-0.2, 0) is 22.8 Å². The molecule has 2 heteroatoms. The Balaban J connectivity index is 0.000000371. The van der Waals surface area contributed by atoms with Gasteiger partial charge < -0.3 is 6.92 Å². The standard InChI is InChI=1S/C8H9.BrH.Zn/c1-2-8-6-4-3-5-7-8;;/h3-7H,1-2H2;1H;/q-1;;+2/p-1. The van der Waals surface area contributed by atoms with Gasteiger partial charge in [0.1, 0.15) is 0 Å². The summed E-state index contributed by atoms with van der Waals surface area (Å²) in [5.74, 6) is 0. The molecule has 50 valence electrons. The molecule has 1 aromatic carbocycles. The summed E-state index contributed by atoms with van der Waals surface area (Å²) in [6.07, 6.45) is 0.890. The molecule has 0 fully saturated rings. The monoisotopic (exact) mass is 248 g/mol. The molecule has 0 bridgehead atoms. The number of benzene rings is 1. The first kappa shape index (κ1) is 10.3. The van der Waals surface area contributed by atoms with Crippen LogP contribution in [0.1, 0.15) is 5.56 Å². The van der Waals surface area contributed by atoms with Crippen LogP contribution in [0, 0.1) is 6.92 Å². The first-order valence-corrected chi connectivity index (χ1v) is 9.98. The average molecular weight is 250 g/mol. The van der Waals surface area contributed by atoms with E-state index >= 15 is 0 Å². The van der Waals surface area contributed by atoms with Crippen LogP contribution in [0.4, 0.5) is 0 Å². The molecule has 0 radical (unpaired) electrons. The van der Waals surface area contributed by atoms with Crippen molar-refractivity contribution in [2.45, 2.75) is 6.42 Å². The Morgan fingerprint density at radius 1 is 1.20 bits per heavy atom. The van der Waals surface area contributed by atoms with Gasteiger partial charge in [0.05, 0.1) is 0 Å². The number of hydrogen-bond donors (Lipinski definition) is 0. The molecule has 0 amide bonds. The molecule has 0 nitrogen and oxygen atoms in total. The summed E-state index contributed by atoms with van der Waals surface area (Å²) in [6, 6.07) is 10.2. The minimum absolute atomic E-state index is 0.890. The third-order valence-electron chi connectivity index (χ3n) is 1.13. The molecular formula is C8H9BrZn. The van der Waals surface area contributed by atoms with Crippen LogP contribution in [0.15, 0.2) is 30.3 Å². The minimum atomic E-state index is 0.890. The second kappa shape index (κ2) is 7.43. The van der Waals surface area contributed by atoms with Gasteiger partial charge in [-0.15, -0.1) is 0 Å². The van der Waals surface area contributed by atoms with Gasteiger partial charge in [0, 0.05) is 0 Å². The van der Waals surface area contributed by atoms with Gasteiger partial charge in [0.25, 0.3) is 0 Å². The molecule has 0 heterocycles. The van der Waals surface area contributed by atoms with Crippen LogP contribution in [0.3, 0.4) is 0 Å². The van der Waals surface area contributed by atoms with Crippen LogP contribution in [0.25, 0.3) is 0 Å². The van der Waals surface area contributed by atoms with Crippen LogP contribution in [0.5, 0.6) is 0 Å². The van der Waals surface area contributed by atoms with Gasteiger partial charge >= 0.3 is 30.0 Å². The van der Waals surface area contributed by atoms with Crippen molar-refractivity contribution >= 4 is 13.6 Å². The molecule has 0 saturated carbocycles. The van der Waals surface area contributed by atoms with E-state index in [4.69, 9.17) is 0 Å². The SMILES string of the molecule is [CH2-]Cc1ccccc1.[Zn+][Br]. The zero-order chi connectivity index (χ0) is 7.82. The molecule has 1 aromatic rings. The Kier molecular flexibility index (Phi) is 7.67. The van der Waals surface area contributed by atoms with Crippen molar-refractivity contribution in [2.75, 3.05) is 0 Å². The number of hydrogen-bond acceptors (Lipinski definition) is 0. The number of halogens is 1. The Bertz CT molecular complexity index is 151. The summed E-state index contributed by atoms with van der Waals surface area (Å²) in [5, 5.41) is 0. The molecule has 10 heavy (non-hydrogen) atoms. The van der Waals surface area contributed by atoms with Crippen molar-refractivity contribution < 1.29 is 16.3 Å². The fraction of sp³-hybridized carbons (Fsp3) is 0.125. The van der Waals surface area contributed by atoms with E-state index in [0.29, 0.717) is 0 Å². The van der Waals surface area contributed by atoms with Gasteiger partial charge in [-0.3, -0.25) is 0 Å². The average Bonchev–Trinajstić information content (AvgIpc) is 2.10. The van der Waals surface area contributed by atoms with E-state index in [1.54, 1.807) is 0 Å². The van der Waals surface area contributed by atoms with Gasteiger partial charge in [-0.2, -0.15) is 6.42 Å². The fourth-order valence-corrected chi connectivity index (χ4v) is 0.645. The molecule has 0 N–H and O–H groups in total. The Labute approximate surface area is 79.1 Å². The molecule has 0 aromatic heterocycles. The Morgan fingerprint density at radius 3 is 2.00 bits per heavy atom.